The van der Waals surface area contributed by atoms with Gasteiger partial charge in [-0.3, -0.25) is 4.79 Å². The van der Waals surface area contributed by atoms with Gasteiger partial charge in [0.05, 0.1) is 17.1 Å². The van der Waals surface area contributed by atoms with E-state index in [1.54, 1.807) is 11.8 Å². The number of carboxylic acids is 1. The van der Waals surface area contributed by atoms with Gasteiger partial charge in [0.25, 0.3) is 0 Å². The van der Waals surface area contributed by atoms with E-state index in [1.165, 1.54) is 0 Å². The van der Waals surface area contributed by atoms with Crippen molar-refractivity contribution in [1.29, 1.82) is 0 Å². The lowest BCUT2D eigenvalue weighted by molar-refractivity contribution is -0.136. The van der Waals surface area contributed by atoms with Crippen molar-refractivity contribution < 1.29 is 9.90 Å². The Hall–Kier alpha value is -1.42. The summed E-state index contributed by atoms with van der Waals surface area (Å²) in [7, 11) is 0. The number of thioether (sulfide) groups is 1. The van der Waals surface area contributed by atoms with Crippen LogP contribution in [0.25, 0.3) is 0 Å². The van der Waals surface area contributed by atoms with Gasteiger partial charge in [0.1, 0.15) is 0 Å². The van der Waals surface area contributed by atoms with Crippen LogP contribution in [0.5, 0.6) is 0 Å². The molecule has 3 nitrogen and oxygen atoms in total. The Kier molecular flexibility index (Phi) is 2.68. The lowest BCUT2D eigenvalue weighted by Gasteiger charge is -2.18. The summed E-state index contributed by atoms with van der Waals surface area (Å²) in [6.07, 6.45) is 0.133. The maximum atomic E-state index is 10.5. The molecule has 1 heterocycles. The molecule has 1 aliphatic heterocycles. The standard InChI is InChI=1S/C11H11NO2S/c1-8-12(7-6-11(13)14)9-4-2-3-5-10(9)15-8/h2-5H,1,6-7H2,(H,13,14). The zero-order valence-corrected chi connectivity index (χ0v) is 8.96. The molecule has 15 heavy (non-hydrogen) atoms. The molecule has 0 saturated carbocycles. The summed E-state index contributed by atoms with van der Waals surface area (Å²) < 4.78 is 0. The molecule has 1 aromatic rings. The molecule has 0 aliphatic carbocycles. The van der Waals surface area contributed by atoms with Gasteiger partial charge >= 0.3 is 5.97 Å². The topological polar surface area (TPSA) is 40.5 Å². The van der Waals surface area contributed by atoms with Crippen molar-refractivity contribution >= 4 is 23.4 Å². The molecule has 1 aromatic carbocycles. The van der Waals surface area contributed by atoms with Gasteiger partial charge in [-0.2, -0.15) is 0 Å². The van der Waals surface area contributed by atoms with Gasteiger partial charge < -0.3 is 10.0 Å². The normalized spacial score (nSPS) is 14.1. The van der Waals surface area contributed by atoms with E-state index in [2.05, 4.69) is 6.58 Å². The zero-order valence-electron chi connectivity index (χ0n) is 8.14. The van der Waals surface area contributed by atoms with Crippen molar-refractivity contribution in [2.45, 2.75) is 11.3 Å². The van der Waals surface area contributed by atoms with Crippen molar-refractivity contribution in [2.75, 3.05) is 11.4 Å². The molecule has 0 unspecified atom stereocenters. The van der Waals surface area contributed by atoms with Crippen LogP contribution in [0.2, 0.25) is 0 Å². The first-order valence-corrected chi connectivity index (χ1v) is 5.45. The van der Waals surface area contributed by atoms with Gasteiger partial charge in [0.2, 0.25) is 0 Å². The van der Waals surface area contributed by atoms with Gasteiger partial charge in [-0.25, -0.2) is 0 Å². The molecule has 0 saturated heterocycles. The second kappa shape index (κ2) is 3.98. The minimum atomic E-state index is -0.780. The maximum absolute atomic E-state index is 10.5. The van der Waals surface area contributed by atoms with Crippen LogP contribution in [0.3, 0.4) is 0 Å². The number of carbonyl (C=O) groups is 1. The fourth-order valence-electron chi connectivity index (χ4n) is 1.54. The average molecular weight is 221 g/mol. The quantitative estimate of drug-likeness (QED) is 0.851. The predicted octanol–water partition coefficient (Wildman–Crippen LogP) is 2.54. The van der Waals surface area contributed by atoms with Crippen molar-refractivity contribution in [3.8, 4) is 0 Å². The molecule has 1 aliphatic rings. The fourth-order valence-corrected chi connectivity index (χ4v) is 2.52. The van der Waals surface area contributed by atoms with Crippen LogP contribution in [0.4, 0.5) is 5.69 Å². The lowest BCUT2D eigenvalue weighted by atomic mass is 10.3. The van der Waals surface area contributed by atoms with Gasteiger partial charge in [-0.1, -0.05) is 30.5 Å². The van der Waals surface area contributed by atoms with Gasteiger partial charge in [-0.15, -0.1) is 0 Å². The van der Waals surface area contributed by atoms with Crippen molar-refractivity contribution in [3.05, 3.63) is 35.9 Å². The van der Waals surface area contributed by atoms with Crippen LogP contribution in [0.15, 0.2) is 40.8 Å². The summed E-state index contributed by atoms with van der Waals surface area (Å²) in [6.45, 7) is 4.41. The van der Waals surface area contributed by atoms with Gasteiger partial charge in [0, 0.05) is 11.4 Å². The maximum Gasteiger partial charge on any atom is 0.305 e. The largest absolute Gasteiger partial charge is 0.481 e. The van der Waals surface area contributed by atoms with Crippen molar-refractivity contribution in [2.24, 2.45) is 0 Å². The van der Waals surface area contributed by atoms with E-state index in [0.29, 0.717) is 6.54 Å². The number of nitrogens with zero attached hydrogens (tertiary/aromatic N) is 1. The molecule has 0 fully saturated rings. The highest BCUT2D eigenvalue weighted by atomic mass is 32.2. The van der Waals surface area contributed by atoms with E-state index in [4.69, 9.17) is 5.11 Å². The van der Waals surface area contributed by atoms with Crippen LogP contribution in [0.1, 0.15) is 6.42 Å². The average Bonchev–Trinajstić information content (AvgIpc) is 2.50. The Morgan fingerprint density at radius 1 is 1.47 bits per heavy atom. The number of carboxylic acid groups (broad SMARTS) is 1. The highest BCUT2D eigenvalue weighted by Gasteiger charge is 2.23. The minimum Gasteiger partial charge on any atom is -0.481 e. The number of rotatable bonds is 3. The number of benzene rings is 1. The van der Waals surface area contributed by atoms with E-state index in [1.807, 2.05) is 29.2 Å². The van der Waals surface area contributed by atoms with Crippen LogP contribution in [0, 0.1) is 0 Å². The Morgan fingerprint density at radius 3 is 2.93 bits per heavy atom. The zero-order chi connectivity index (χ0) is 10.8. The third-order valence-electron chi connectivity index (χ3n) is 2.23. The molecule has 0 amide bonds. The summed E-state index contributed by atoms with van der Waals surface area (Å²) >= 11 is 1.59. The molecule has 0 spiro atoms. The first-order valence-electron chi connectivity index (χ1n) is 4.63. The molecule has 0 atom stereocenters. The molecule has 4 heteroatoms. The molecule has 0 bridgehead atoms. The third-order valence-corrected chi connectivity index (χ3v) is 3.26. The molecule has 0 aromatic heterocycles. The van der Waals surface area contributed by atoms with Crippen LogP contribution < -0.4 is 4.90 Å². The van der Waals surface area contributed by atoms with Crippen LogP contribution in [-0.2, 0) is 4.79 Å². The predicted molar refractivity (Wildman–Crippen MR) is 61.0 cm³/mol. The highest BCUT2D eigenvalue weighted by Crippen LogP contribution is 2.44. The van der Waals surface area contributed by atoms with E-state index < -0.39 is 5.97 Å². The number of hydrogen-bond donors (Lipinski definition) is 1. The Balaban J connectivity index is 2.18. The second-order valence-electron chi connectivity index (χ2n) is 3.26. The first-order chi connectivity index (χ1) is 7.18. The Labute approximate surface area is 92.4 Å². The number of para-hydroxylation sites is 1. The third kappa shape index (κ3) is 1.99. The molecule has 1 N–H and O–H groups in total. The molecule has 0 radical (unpaired) electrons. The van der Waals surface area contributed by atoms with Crippen LogP contribution >= 0.6 is 11.8 Å². The van der Waals surface area contributed by atoms with E-state index in [0.717, 1.165) is 15.6 Å². The number of fused-ring (bicyclic) bond motifs is 1. The first kappa shape index (κ1) is 10.1. The summed E-state index contributed by atoms with van der Waals surface area (Å²) in [5.74, 6) is -0.780. The number of aliphatic carboxylic acids is 1. The monoisotopic (exact) mass is 221 g/mol. The van der Waals surface area contributed by atoms with Gasteiger partial charge in [0.15, 0.2) is 0 Å². The smallest absolute Gasteiger partial charge is 0.305 e. The van der Waals surface area contributed by atoms with E-state index in [9.17, 15) is 4.79 Å². The number of hydrogen-bond acceptors (Lipinski definition) is 3. The minimum absolute atomic E-state index is 0.133. The highest BCUT2D eigenvalue weighted by molar-refractivity contribution is 8.03. The van der Waals surface area contributed by atoms with Gasteiger partial charge in [-0.05, 0) is 12.1 Å². The SMILES string of the molecule is C=C1Sc2ccccc2N1CCC(=O)O. The van der Waals surface area contributed by atoms with Crippen LogP contribution in [-0.4, -0.2) is 17.6 Å². The number of anilines is 1. The van der Waals surface area contributed by atoms with E-state index >= 15 is 0 Å². The molecule has 78 valence electrons. The summed E-state index contributed by atoms with van der Waals surface area (Å²) in [5, 5.41) is 9.55. The Bertz CT molecular complexity index is 417. The summed E-state index contributed by atoms with van der Waals surface area (Å²) in [4.78, 5) is 13.6. The summed E-state index contributed by atoms with van der Waals surface area (Å²) in [6, 6.07) is 7.93. The second-order valence-corrected chi connectivity index (χ2v) is 4.37. The molecule has 2 rings (SSSR count). The summed E-state index contributed by atoms with van der Waals surface area (Å²) in [5.41, 5.74) is 1.06. The van der Waals surface area contributed by atoms with Crippen molar-refractivity contribution in [3.63, 3.8) is 0 Å². The Morgan fingerprint density at radius 2 is 2.20 bits per heavy atom. The van der Waals surface area contributed by atoms with E-state index in [-0.39, 0.29) is 6.42 Å². The molecular formula is C11H11NO2S. The molecular weight excluding hydrogens is 210 g/mol. The lowest BCUT2D eigenvalue weighted by Crippen LogP contribution is -2.20. The van der Waals surface area contributed by atoms with Crippen molar-refractivity contribution in [1.82, 2.24) is 0 Å². The fraction of sp³-hybridized carbons (Fsp3) is 0.182.